The maximum atomic E-state index is 11.8. The average molecular weight is 274 g/mol. The van der Waals surface area contributed by atoms with Gasteiger partial charge in [-0.2, -0.15) is 0 Å². The van der Waals surface area contributed by atoms with Gasteiger partial charge in [0, 0.05) is 6.42 Å². The van der Waals surface area contributed by atoms with Crippen LogP contribution in [0, 0.1) is 13.8 Å². The van der Waals surface area contributed by atoms with E-state index in [-0.39, 0.29) is 11.8 Å². The molecule has 108 valence electrons. The summed E-state index contributed by atoms with van der Waals surface area (Å²) in [6.45, 7) is 9.55. The van der Waals surface area contributed by atoms with E-state index in [0.29, 0.717) is 24.8 Å². The molecule has 3 heteroatoms. The van der Waals surface area contributed by atoms with Crippen LogP contribution in [0.2, 0.25) is 0 Å². The van der Waals surface area contributed by atoms with Gasteiger partial charge in [-0.15, -0.1) is 0 Å². The first-order chi connectivity index (χ1) is 9.35. The lowest BCUT2D eigenvalue weighted by Crippen LogP contribution is -2.08. The molecule has 20 heavy (non-hydrogen) atoms. The van der Waals surface area contributed by atoms with Gasteiger partial charge < -0.3 is 9.53 Å². The van der Waals surface area contributed by atoms with Crippen molar-refractivity contribution in [3.63, 3.8) is 0 Å². The minimum atomic E-state index is -0.331. The number of ether oxygens (including phenoxy) is 1. The molecular formula is C17H22O3. The van der Waals surface area contributed by atoms with Crippen molar-refractivity contribution in [2.75, 3.05) is 7.11 Å². The zero-order chi connectivity index (χ0) is 15.3. The summed E-state index contributed by atoms with van der Waals surface area (Å²) >= 11 is 0. The minimum Gasteiger partial charge on any atom is -0.465 e. The Balaban J connectivity index is 2.98. The van der Waals surface area contributed by atoms with Crippen LogP contribution in [0.15, 0.2) is 24.3 Å². The summed E-state index contributed by atoms with van der Waals surface area (Å²) in [5, 5.41) is 0. The van der Waals surface area contributed by atoms with Gasteiger partial charge in [0.25, 0.3) is 0 Å². The molecule has 0 radical (unpaired) electrons. The van der Waals surface area contributed by atoms with Crippen molar-refractivity contribution in [1.82, 2.24) is 0 Å². The fraction of sp³-hybridized carbons (Fsp3) is 0.412. The number of carbonyl (C=O) groups excluding carboxylic acids is 2. The van der Waals surface area contributed by atoms with E-state index < -0.39 is 0 Å². The van der Waals surface area contributed by atoms with Crippen LogP contribution in [0.4, 0.5) is 0 Å². The van der Waals surface area contributed by atoms with Crippen molar-refractivity contribution in [3.05, 3.63) is 46.5 Å². The van der Waals surface area contributed by atoms with E-state index in [4.69, 9.17) is 4.74 Å². The highest BCUT2D eigenvalue weighted by molar-refractivity contribution is 5.91. The second-order valence-electron chi connectivity index (χ2n) is 5.21. The predicted molar refractivity (Wildman–Crippen MR) is 80.0 cm³/mol. The summed E-state index contributed by atoms with van der Waals surface area (Å²) < 4.78 is 4.83. The van der Waals surface area contributed by atoms with Gasteiger partial charge in [-0.1, -0.05) is 18.2 Å². The molecule has 0 saturated heterocycles. The Kier molecular flexibility index (Phi) is 5.68. The fourth-order valence-electron chi connectivity index (χ4n) is 2.03. The van der Waals surface area contributed by atoms with Gasteiger partial charge in [-0.25, -0.2) is 4.79 Å². The Bertz CT molecular complexity index is 541. The third kappa shape index (κ3) is 4.34. The molecule has 0 aliphatic heterocycles. The van der Waals surface area contributed by atoms with Crippen LogP contribution in [0.5, 0.6) is 0 Å². The van der Waals surface area contributed by atoms with E-state index in [9.17, 15) is 9.59 Å². The number of benzene rings is 1. The molecule has 1 rings (SSSR count). The van der Waals surface area contributed by atoms with E-state index >= 15 is 0 Å². The number of rotatable bonds is 6. The van der Waals surface area contributed by atoms with Crippen molar-refractivity contribution in [1.29, 1.82) is 0 Å². The van der Waals surface area contributed by atoms with Crippen molar-refractivity contribution in [3.8, 4) is 0 Å². The summed E-state index contributed by atoms with van der Waals surface area (Å²) in [5.74, 6) is -0.179. The first-order valence-corrected chi connectivity index (χ1v) is 6.69. The first kappa shape index (κ1) is 16.2. The SMILES string of the molecule is C=C(CCC(C)=O)Cc1cc(C)c(C)cc1C(=O)OC. The quantitative estimate of drug-likeness (QED) is 0.588. The molecule has 1 aromatic rings. The van der Waals surface area contributed by atoms with Gasteiger partial charge in [0.2, 0.25) is 0 Å². The average Bonchev–Trinajstić information content (AvgIpc) is 2.39. The normalized spacial score (nSPS) is 10.2. The van der Waals surface area contributed by atoms with E-state index in [2.05, 4.69) is 6.58 Å². The van der Waals surface area contributed by atoms with Gasteiger partial charge in [0.1, 0.15) is 5.78 Å². The standard InChI is InChI=1S/C17H22O3/c1-11(6-7-14(4)18)8-15-9-12(2)13(3)10-16(15)17(19)20-5/h9-10H,1,6-8H2,2-5H3. The van der Waals surface area contributed by atoms with Crippen LogP contribution < -0.4 is 0 Å². The minimum absolute atomic E-state index is 0.152. The molecule has 0 fully saturated rings. The zero-order valence-corrected chi connectivity index (χ0v) is 12.7. The lowest BCUT2D eigenvalue weighted by Gasteiger charge is -2.12. The number of hydrogen-bond donors (Lipinski definition) is 0. The Labute approximate surface area is 120 Å². The van der Waals surface area contributed by atoms with Crippen molar-refractivity contribution >= 4 is 11.8 Å². The summed E-state index contributed by atoms with van der Waals surface area (Å²) in [4.78, 5) is 22.8. The Morgan fingerprint density at radius 1 is 1.15 bits per heavy atom. The number of Topliss-reactive ketones (excluding diaryl/α,β-unsaturated/α-hetero) is 1. The first-order valence-electron chi connectivity index (χ1n) is 6.69. The van der Waals surface area contributed by atoms with Gasteiger partial charge in [-0.05, 0) is 56.4 Å². The van der Waals surface area contributed by atoms with Gasteiger partial charge in [-0.3, -0.25) is 0 Å². The number of hydrogen-bond acceptors (Lipinski definition) is 3. The number of carbonyl (C=O) groups is 2. The monoisotopic (exact) mass is 274 g/mol. The molecule has 0 unspecified atom stereocenters. The van der Waals surface area contributed by atoms with Crippen LogP contribution in [0.3, 0.4) is 0 Å². The Morgan fingerprint density at radius 2 is 1.75 bits per heavy atom. The lowest BCUT2D eigenvalue weighted by molar-refractivity contribution is -0.116. The lowest BCUT2D eigenvalue weighted by atomic mass is 9.94. The Hall–Kier alpha value is -1.90. The summed E-state index contributed by atoms with van der Waals surface area (Å²) in [6.07, 6.45) is 1.75. The van der Waals surface area contributed by atoms with Crippen LogP contribution >= 0.6 is 0 Å². The second kappa shape index (κ2) is 7.04. The van der Waals surface area contributed by atoms with Crippen molar-refractivity contribution in [2.45, 2.75) is 40.0 Å². The highest BCUT2D eigenvalue weighted by Gasteiger charge is 2.14. The smallest absolute Gasteiger partial charge is 0.338 e. The third-order valence-corrected chi connectivity index (χ3v) is 3.40. The number of methoxy groups -OCH3 is 1. The van der Waals surface area contributed by atoms with Gasteiger partial charge in [0.15, 0.2) is 0 Å². The van der Waals surface area contributed by atoms with Crippen molar-refractivity contribution in [2.24, 2.45) is 0 Å². The molecular weight excluding hydrogens is 252 g/mol. The van der Waals surface area contributed by atoms with Crippen molar-refractivity contribution < 1.29 is 14.3 Å². The van der Waals surface area contributed by atoms with E-state index in [1.807, 2.05) is 26.0 Å². The number of aryl methyl sites for hydroxylation is 2. The largest absolute Gasteiger partial charge is 0.465 e. The molecule has 0 amide bonds. The summed E-state index contributed by atoms with van der Waals surface area (Å²) in [7, 11) is 1.38. The molecule has 1 aromatic carbocycles. The number of allylic oxidation sites excluding steroid dienone is 1. The van der Waals surface area contributed by atoms with E-state index in [1.54, 1.807) is 6.92 Å². The fourth-order valence-corrected chi connectivity index (χ4v) is 2.03. The van der Waals surface area contributed by atoms with E-state index in [0.717, 1.165) is 22.3 Å². The van der Waals surface area contributed by atoms with Gasteiger partial charge >= 0.3 is 5.97 Å². The van der Waals surface area contributed by atoms with Crippen LogP contribution in [-0.4, -0.2) is 18.9 Å². The Morgan fingerprint density at radius 3 is 2.30 bits per heavy atom. The summed E-state index contributed by atoms with van der Waals surface area (Å²) in [6, 6.07) is 3.86. The van der Waals surface area contributed by atoms with Gasteiger partial charge in [0.05, 0.1) is 12.7 Å². The third-order valence-electron chi connectivity index (χ3n) is 3.40. The van der Waals surface area contributed by atoms with Crippen LogP contribution in [0.25, 0.3) is 0 Å². The maximum Gasteiger partial charge on any atom is 0.338 e. The molecule has 3 nitrogen and oxygen atoms in total. The maximum absolute atomic E-state index is 11.8. The topological polar surface area (TPSA) is 43.4 Å². The second-order valence-corrected chi connectivity index (χ2v) is 5.21. The summed E-state index contributed by atoms with van der Waals surface area (Å²) in [5.41, 5.74) is 4.64. The highest BCUT2D eigenvalue weighted by atomic mass is 16.5. The zero-order valence-electron chi connectivity index (χ0n) is 12.7. The van der Waals surface area contributed by atoms with Crippen LogP contribution in [-0.2, 0) is 16.0 Å². The molecule has 0 heterocycles. The molecule has 0 aliphatic rings. The van der Waals surface area contributed by atoms with Crippen LogP contribution in [0.1, 0.15) is 46.8 Å². The molecule has 0 N–H and O–H groups in total. The molecule has 0 aromatic heterocycles. The number of ketones is 1. The van der Waals surface area contributed by atoms with E-state index in [1.165, 1.54) is 7.11 Å². The molecule has 0 atom stereocenters. The molecule has 0 spiro atoms. The highest BCUT2D eigenvalue weighted by Crippen LogP contribution is 2.21. The molecule has 0 saturated carbocycles. The predicted octanol–water partition coefficient (Wildman–Crippen LogP) is 3.56. The molecule has 0 aliphatic carbocycles. The number of esters is 1. The molecule has 0 bridgehead atoms.